The second kappa shape index (κ2) is 9.09. The van der Waals surface area contributed by atoms with Gasteiger partial charge in [0, 0.05) is 48.6 Å². The van der Waals surface area contributed by atoms with Crippen molar-refractivity contribution in [3.63, 3.8) is 0 Å². The average molecular weight is 493 g/mol. The Morgan fingerprint density at radius 1 is 1.17 bits per heavy atom. The van der Waals surface area contributed by atoms with Crippen LogP contribution in [0.2, 0.25) is 0 Å². The third-order valence-electron chi connectivity index (χ3n) is 7.80. The highest BCUT2D eigenvalue weighted by Crippen LogP contribution is 2.51. The van der Waals surface area contributed by atoms with E-state index in [9.17, 15) is 9.90 Å². The van der Waals surface area contributed by atoms with Crippen molar-refractivity contribution in [3.05, 3.63) is 42.7 Å². The van der Waals surface area contributed by atoms with Crippen LogP contribution in [0, 0.1) is 0 Å². The van der Waals surface area contributed by atoms with Crippen LogP contribution in [-0.2, 0) is 4.74 Å². The standard InChI is InChI=1S/C26H32N6O4/c1-25-9-10-26(2,32(25)24(33)34)13-19(12-25)31(3)23-8-7-21(29-30-23)20-6-5-17(18-14-27-28-15-18)11-22(20)36-16-35-4/h5-8,11,14-15,19H,9-10,12-13,16H2,1-4H3,(H,27,28)(H,33,34)/t19?,25-,26?/m1/s1. The van der Waals surface area contributed by atoms with Crippen LogP contribution in [0.3, 0.4) is 0 Å². The minimum Gasteiger partial charge on any atom is -0.467 e. The molecule has 0 radical (unpaired) electrons. The predicted molar refractivity (Wildman–Crippen MR) is 135 cm³/mol. The molecular weight excluding hydrogens is 460 g/mol. The molecule has 2 aliphatic rings. The first-order chi connectivity index (χ1) is 17.2. The van der Waals surface area contributed by atoms with Gasteiger partial charge < -0.3 is 19.5 Å². The monoisotopic (exact) mass is 492 g/mol. The number of aromatic nitrogens is 4. The Morgan fingerprint density at radius 3 is 2.50 bits per heavy atom. The summed E-state index contributed by atoms with van der Waals surface area (Å²) in [5.74, 6) is 1.40. The van der Waals surface area contributed by atoms with Gasteiger partial charge in [-0.15, -0.1) is 10.2 Å². The van der Waals surface area contributed by atoms with Gasteiger partial charge in [-0.1, -0.05) is 6.07 Å². The number of nitrogens with one attached hydrogen (secondary N) is 1. The number of ether oxygens (including phenoxy) is 2. The van der Waals surface area contributed by atoms with Gasteiger partial charge in [0.25, 0.3) is 0 Å². The van der Waals surface area contributed by atoms with Crippen LogP contribution in [0.15, 0.2) is 42.7 Å². The van der Waals surface area contributed by atoms with Crippen LogP contribution < -0.4 is 9.64 Å². The Bertz CT molecular complexity index is 1210. The van der Waals surface area contributed by atoms with Gasteiger partial charge in [0.1, 0.15) is 5.75 Å². The molecule has 3 atom stereocenters. The van der Waals surface area contributed by atoms with Crippen molar-refractivity contribution in [1.29, 1.82) is 0 Å². The van der Waals surface area contributed by atoms with Gasteiger partial charge in [-0.3, -0.25) is 10.00 Å². The summed E-state index contributed by atoms with van der Waals surface area (Å²) in [5.41, 5.74) is 2.69. The number of anilines is 1. The van der Waals surface area contributed by atoms with Gasteiger partial charge in [-0.2, -0.15) is 5.10 Å². The summed E-state index contributed by atoms with van der Waals surface area (Å²) in [6, 6.07) is 9.97. The Hall–Kier alpha value is -3.66. The number of methoxy groups -OCH3 is 1. The van der Waals surface area contributed by atoms with Crippen molar-refractivity contribution in [2.45, 2.75) is 56.7 Å². The minimum atomic E-state index is -0.826. The molecule has 1 aromatic carbocycles. The predicted octanol–water partition coefficient (Wildman–Crippen LogP) is 4.41. The molecule has 1 amide bonds. The number of benzene rings is 1. The van der Waals surface area contributed by atoms with Crippen LogP contribution in [0.1, 0.15) is 39.5 Å². The van der Waals surface area contributed by atoms with Gasteiger partial charge in [-0.25, -0.2) is 4.79 Å². The third kappa shape index (κ3) is 4.15. The second-order valence-electron chi connectivity index (χ2n) is 10.3. The van der Waals surface area contributed by atoms with E-state index < -0.39 is 6.09 Å². The maximum atomic E-state index is 12.0. The summed E-state index contributed by atoms with van der Waals surface area (Å²) >= 11 is 0. The molecule has 2 aromatic heterocycles. The lowest BCUT2D eigenvalue weighted by Crippen LogP contribution is -2.62. The van der Waals surface area contributed by atoms with Crippen LogP contribution in [0.5, 0.6) is 5.75 Å². The summed E-state index contributed by atoms with van der Waals surface area (Å²) in [6.07, 6.45) is 6.04. The molecule has 2 saturated heterocycles. The smallest absolute Gasteiger partial charge is 0.408 e. The zero-order chi connectivity index (χ0) is 25.5. The molecule has 0 spiro atoms. The molecule has 10 heteroatoms. The van der Waals surface area contributed by atoms with E-state index in [1.165, 1.54) is 0 Å². The molecule has 2 bridgehead atoms. The summed E-state index contributed by atoms with van der Waals surface area (Å²) < 4.78 is 11.0. The molecule has 5 rings (SSSR count). The van der Waals surface area contributed by atoms with Crippen molar-refractivity contribution < 1.29 is 19.4 Å². The lowest BCUT2D eigenvalue weighted by Gasteiger charge is -2.51. The number of H-pyrrole nitrogens is 1. The van der Waals surface area contributed by atoms with Gasteiger partial charge >= 0.3 is 6.09 Å². The van der Waals surface area contributed by atoms with Crippen molar-refractivity contribution in [3.8, 4) is 28.1 Å². The number of hydrogen-bond donors (Lipinski definition) is 2. The number of rotatable bonds is 7. The molecule has 2 fully saturated rings. The van der Waals surface area contributed by atoms with E-state index in [0.717, 1.165) is 48.2 Å². The fourth-order valence-corrected chi connectivity index (χ4v) is 6.03. The van der Waals surface area contributed by atoms with Crippen molar-refractivity contribution in [2.24, 2.45) is 0 Å². The summed E-state index contributed by atoms with van der Waals surface area (Å²) in [6.45, 7) is 4.24. The maximum absolute atomic E-state index is 12.0. The number of nitrogens with zero attached hydrogens (tertiary/aromatic N) is 5. The first-order valence-electron chi connectivity index (χ1n) is 12.1. The topological polar surface area (TPSA) is 117 Å². The van der Waals surface area contributed by atoms with Crippen LogP contribution in [0.25, 0.3) is 22.4 Å². The van der Waals surface area contributed by atoms with E-state index in [0.29, 0.717) is 11.4 Å². The number of hydrogen-bond acceptors (Lipinski definition) is 7. The molecule has 2 N–H and O–H groups in total. The van der Waals surface area contributed by atoms with Crippen molar-refractivity contribution in [1.82, 2.24) is 25.3 Å². The minimum absolute atomic E-state index is 0.114. The second-order valence-corrected chi connectivity index (χ2v) is 10.3. The van der Waals surface area contributed by atoms with E-state index in [-0.39, 0.29) is 23.9 Å². The summed E-state index contributed by atoms with van der Waals surface area (Å²) in [7, 11) is 3.60. The number of piperidine rings is 1. The number of carbonyl (C=O) groups is 1. The molecule has 10 nitrogen and oxygen atoms in total. The third-order valence-corrected chi connectivity index (χ3v) is 7.80. The first kappa shape index (κ1) is 24.1. The van der Waals surface area contributed by atoms with E-state index >= 15 is 0 Å². The Balaban J connectivity index is 1.38. The molecule has 190 valence electrons. The molecule has 0 saturated carbocycles. The van der Waals surface area contributed by atoms with Crippen molar-refractivity contribution in [2.75, 3.05) is 25.9 Å². The van der Waals surface area contributed by atoms with Crippen LogP contribution in [0.4, 0.5) is 10.6 Å². The SMILES string of the molecule is COCOc1cc(-c2cn[nH]c2)ccc1-c1ccc(N(C)C2CC3(C)CC[C@](C)(C2)N3C(=O)O)nn1. The van der Waals surface area contributed by atoms with Crippen molar-refractivity contribution >= 4 is 11.9 Å². The highest BCUT2D eigenvalue weighted by atomic mass is 16.7. The number of aromatic amines is 1. The number of amides is 1. The van der Waals surface area contributed by atoms with Crippen LogP contribution >= 0.6 is 0 Å². The molecular formula is C26H32N6O4. The molecule has 36 heavy (non-hydrogen) atoms. The fourth-order valence-electron chi connectivity index (χ4n) is 6.03. The van der Waals surface area contributed by atoms with Gasteiger partial charge in [0.2, 0.25) is 0 Å². The van der Waals surface area contributed by atoms with Gasteiger partial charge in [-0.05, 0) is 69.4 Å². The average Bonchev–Trinajstić information content (AvgIpc) is 3.45. The highest BCUT2D eigenvalue weighted by Gasteiger charge is 2.58. The van der Waals surface area contributed by atoms with E-state index in [4.69, 9.17) is 9.47 Å². The Labute approximate surface area is 210 Å². The molecule has 3 aromatic rings. The molecule has 4 heterocycles. The van der Waals surface area contributed by atoms with Gasteiger partial charge in [0.15, 0.2) is 12.6 Å². The van der Waals surface area contributed by atoms with E-state index in [1.807, 2.05) is 43.6 Å². The highest BCUT2D eigenvalue weighted by molar-refractivity contribution is 5.74. The maximum Gasteiger partial charge on any atom is 0.408 e. The molecule has 0 aliphatic carbocycles. The zero-order valence-electron chi connectivity index (χ0n) is 21.1. The zero-order valence-corrected chi connectivity index (χ0v) is 21.1. The quantitative estimate of drug-likeness (QED) is 0.466. The summed E-state index contributed by atoms with van der Waals surface area (Å²) in [5, 5.41) is 25.8. The lowest BCUT2D eigenvalue weighted by atomic mass is 9.82. The molecule has 2 unspecified atom stereocenters. The lowest BCUT2D eigenvalue weighted by molar-refractivity contribution is 0.0131. The van der Waals surface area contributed by atoms with E-state index in [1.54, 1.807) is 18.2 Å². The fraction of sp³-hybridized carbons (Fsp3) is 0.462. The first-order valence-corrected chi connectivity index (χ1v) is 12.1. The number of carboxylic acid groups (broad SMARTS) is 1. The Morgan fingerprint density at radius 2 is 1.92 bits per heavy atom. The van der Waals surface area contributed by atoms with Gasteiger partial charge in [0.05, 0.1) is 11.9 Å². The normalized spacial score (nSPS) is 25.1. The van der Waals surface area contributed by atoms with E-state index in [2.05, 4.69) is 39.1 Å². The Kier molecular flexibility index (Phi) is 6.07. The largest absolute Gasteiger partial charge is 0.467 e. The number of fused-ring (bicyclic) bond motifs is 2. The summed E-state index contributed by atoms with van der Waals surface area (Å²) in [4.78, 5) is 15.8. The van der Waals surface area contributed by atoms with Crippen LogP contribution in [-0.4, -0.2) is 74.6 Å². The molecule has 2 aliphatic heterocycles.